The fourth-order valence-electron chi connectivity index (χ4n) is 4.33. The number of fused-ring (bicyclic) bond motifs is 1. The standard InChI is InChI=1S/C19H27N5O11S/c1-5-6-22-17(36)23(14-13(30)12(29)11(7-25)32-14)16-18(22,33-8(2)26)15(31)21-19(20,34-9(3)27)24(16)35-10(4)28/h5,11-14,16,25,29-30H,1,6-7,20H2,2-4H3,(H,21,31)/t11-,12?,13?,14-,16?,18?,19?/m1/s1. The molecule has 0 saturated carbocycles. The van der Waals surface area contributed by atoms with E-state index >= 15 is 0 Å². The average molecular weight is 534 g/mol. The van der Waals surface area contributed by atoms with Crippen molar-refractivity contribution in [3.05, 3.63) is 12.7 Å². The average Bonchev–Trinajstić information content (AvgIpc) is 3.16. The molecule has 3 fully saturated rings. The summed E-state index contributed by atoms with van der Waals surface area (Å²) in [6.45, 7) is 5.62. The van der Waals surface area contributed by atoms with Gasteiger partial charge in [-0.15, -0.1) is 6.58 Å². The Bertz CT molecular complexity index is 983. The quantitative estimate of drug-likeness (QED) is 0.0916. The number of hydrogen-bond acceptors (Lipinski definition) is 14. The van der Waals surface area contributed by atoms with Crippen LogP contribution in [0.4, 0.5) is 0 Å². The Balaban J connectivity index is 2.30. The second-order valence-corrected chi connectivity index (χ2v) is 8.50. The van der Waals surface area contributed by atoms with Gasteiger partial charge >= 0.3 is 29.6 Å². The first-order chi connectivity index (χ1) is 16.7. The molecule has 0 aromatic carbocycles. The number of thiocarbonyl (C=S) groups is 1. The molecule has 0 aliphatic carbocycles. The van der Waals surface area contributed by atoms with E-state index in [0.717, 1.165) is 30.6 Å². The van der Waals surface area contributed by atoms with Crippen LogP contribution in [0.5, 0.6) is 0 Å². The maximum atomic E-state index is 13.6. The number of aliphatic hydroxyl groups excluding tert-OH is 3. The molecular formula is C19H27N5O11S. The third-order valence-electron chi connectivity index (χ3n) is 5.56. The summed E-state index contributed by atoms with van der Waals surface area (Å²) in [7, 11) is 0. The smallest absolute Gasteiger partial charge is 0.339 e. The molecule has 7 atom stereocenters. The summed E-state index contributed by atoms with van der Waals surface area (Å²) in [5.41, 5.74) is 3.70. The predicted molar refractivity (Wildman–Crippen MR) is 118 cm³/mol. The lowest BCUT2D eigenvalue weighted by Gasteiger charge is -2.52. The Labute approximate surface area is 210 Å². The molecule has 3 aliphatic heterocycles. The minimum atomic E-state index is -2.65. The van der Waals surface area contributed by atoms with Crippen LogP contribution in [-0.2, 0) is 38.2 Å². The van der Waals surface area contributed by atoms with Crippen LogP contribution < -0.4 is 11.1 Å². The van der Waals surface area contributed by atoms with Gasteiger partial charge in [0.15, 0.2) is 17.5 Å². The Morgan fingerprint density at radius 3 is 2.28 bits per heavy atom. The highest BCUT2D eigenvalue weighted by Gasteiger charge is 2.75. The molecule has 0 aromatic heterocycles. The SMILES string of the molecule is C=CCN1C(=S)N([C@@H]2O[C@H](CO)C(O)C2O)C2N(OC(C)=O)C(N)(OC(C)=O)NC(=O)C21OC(C)=O. The maximum Gasteiger partial charge on any atom is 0.339 e. The summed E-state index contributed by atoms with van der Waals surface area (Å²) in [6, 6.07) is 0. The van der Waals surface area contributed by atoms with E-state index in [0.29, 0.717) is 5.06 Å². The zero-order valence-corrected chi connectivity index (χ0v) is 20.3. The third-order valence-corrected chi connectivity index (χ3v) is 5.99. The first-order valence-electron chi connectivity index (χ1n) is 10.6. The summed E-state index contributed by atoms with van der Waals surface area (Å²) in [4.78, 5) is 57.1. The minimum absolute atomic E-state index is 0.222. The highest BCUT2D eigenvalue weighted by molar-refractivity contribution is 7.80. The number of carbonyl (C=O) groups is 4. The number of hydrogen-bond donors (Lipinski definition) is 5. The summed E-state index contributed by atoms with van der Waals surface area (Å²) in [6.07, 6.45) is -6.74. The zero-order valence-electron chi connectivity index (χ0n) is 19.5. The number of nitrogens with one attached hydrogen (secondary N) is 1. The molecule has 0 spiro atoms. The van der Waals surface area contributed by atoms with Crippen molar-refractivity contribution in [2.45, 2.75) is 63.2 Å². The van der Waals surface area contributed by atoms with Crippen LogP contribution in [0.1, 0.15) is 20.8 Å². The largest absolute Gasteiger partial charge is 0.425 e. The molecule has 1 amide bonds. The topological polar surface area (TPSA) is 214 Å². The van der Waals surface area contributed by atoms with E-state index in [1.165, 1.54) is 6.08 Å². The Hall–Kier alpha value is -2.93. The van der Waals surface area contributed by atoms with E-state index < -0.39 is 72.8 Å². The van der Waals surface area contributed by atoms with Crippen LogP contribution in [0, 0.1) is 0 Å². The molecule has 3 rings (SSSR count). The summed E-state index contributed by atoms with van der Waals surface area (Å²) in [5.74, 6) is -6.78. The van der Waals surface area contributed by atoms with Crippen LogP contribution in [-0.4, -0.2) is 115 Å². The molecule has 17 heteroatoms. The van der Waals surface area contributed by atoms with Gasteiger partial charge in [-0.2, -0.15) is 0 Å². The lowest BCUT2D eigenvalue weighted by molar-refractivity contribution is -0.359. The second-order valence-electron chi connectivity index (χ2n) is 8.13. The van der Waals surface area contributed by atoms with Crippen molar-refractivity contribution >= 4 is 41.1 Å². The molecule has 0 aromatic rings. The van der Waals surface area contributed by atoms with Crippen molar-refractivity contribution in [1.29, 1.82) is 0 Å². The van der Waals surface area contributed by atoms with Crippen LogP contribution in [0.3, 0.4) is 0 Å². The molecule has 3 aliphatic rings. The van der Waals surface area contributed by atoms with E-state index in [2.05, 4.69) is 11.9 Å². The molecule has 36 heavy (non-hydrogen) atoms. The third kappa shape index (κ3) is 4.27. The highest BCUT2D eigenvalue weighted by atomic mass is 32.1. The van der Waals surface area contributed by atoms with Gasteiger partial charge in [-0.1, -0.05) is 6.08 Å². The molecule has 200 valence electrons. The van der Waals surface area contributed by atoms with Crippen molar-refractivity contribution in [1.82, 2.24) is 20.2 Å². The number of esters is 2. The van der Waals surface area contributed by atoms with Gasteiger partial charge in [0.1, 0.15) is 18.3 Å². The lowest BCUT2D eigenvalue weighted by atomic mass is 10.0. The number of hydroxylamine groups is 2. The van der Waals surface area contributed by atoms with Crippen LogP contribution in [0.2, 0.25) is 0 Å². The van der Waals surface area contributed by atoms with E-state index in [4.69, 9.17) is 37.0 Å². The number of nitrogens with zero attached hydrogens (tertiary/aromatic N) is 3. The molecule has 5 unspecified atom stereocenters. The highest BCUT2D eigenvalue weighted by Crippen LogP contribution is 2.45. The lowest BCUT2D eigenvalue weighted by Crippen LogP contribution is -2.85. The van der Waals surface area contributed by atoms with E-state index in [-0.39, 0.29) is 11.7 Å². The van der Waals surface area contributed by atoms with Crippen molar-refractivity contribution in [2.75, 3.05) is 13.2 Å². The molecule has 16 nitrogen and oxygen atoms in total. The number of amides is 1. The molecular weight excluding hydrogens is 506 g/mol. The van der Waals surface area contributed by atoms with Gasteiger partial charge in [-0.05, 0) is 17.3 Å². The van der Waals surface area contributed by atoms with Crippen LogP contribution in [0.25, 0.3) is 0 Å². The predicted octanol–water partition coefficient (Wildman–Crippen LogP) is -3.86. The fourth-order valence-corrected chi connectivity index (χ4v) is 4.75. The van der Waals surface area contributed by atoms with Crippen molar-refractivity contribution in [3.8, 4) is 0 Å². The van der Waals surface area contributed by atoms with Gasteiger partial charge in [0, 0.05) is 27.3 Å². The summed E-state index contributed by atoms with van der Waals surface area (Å²) in [5, 5.41) is 33.0. The number of ether oxygens (including phenoxy) is 3. The Morgan fingerprint density at radius 1 is 1.19 bits per heavy atom. The molecule has 3 heterocycles. The van der Waals surface area contributed by atoms with Crippen molar-refractivity contribution in [2.24, 2.45) is 5.73 Å². The van der Waals surface area contributed by atoms with Crippen LogP contribution >= 0.6 is 12.2 Å². The van der Waals surface area contributed by atoms with E-state index in [1.807, 2.05) is 0 Å². The van der Waals surface area contributed by atoms with Gasteiger partial charge in [0.2, 0.25) is 0 Å². The van der Waals surface area contributed by atoms with Gasteiger partial charge < -0.3 is 34.4 Å². The molecule has 6 N–H and O–H groups in total. The number of rotatable bonds is 7. The monoisotopic (exact) mass is 533 g/mol. The fraction of sp³-hybridized carbons (Fsp3) is 0.632. The Morgan fingerprint density at radius 2 is 1.81 bits per heavy atom. The van der Waals surface area contributed by atoms with Gasteiger partial charge in [-0.25, -0.2) is 0 Å². The number of carbonyl (C=O) groups excluding carboxylic acids is 4. The first-order valence-corrected chi connectivity index (χ1v) is 11.0. The first kappa shape index (κ1) is 27.7. The normalized spacial score (nSPS) is 36.2. The van der Waals surface area contributed by atoms with Gasteiger partial charge in [0.25, 0.3) is 5.91 Å². The maximum absolute atomic E-state index is 13.6. The molecule has 0 radical (unpaired) electrons. The summed E-state index contributed by atoms with van der Waals surface area (Å²) < 4.78 is 16.2. The van der Waals surface area contributed by atoms with Crippen molar-refractivity contribution < 1.29 is 53.5 Å². The summed E-state index contributed by atoms with van der Waals surface area (Å²) >= 11 is 5.53. The van der Waals surface area contributed by atoms with E-state index in [9.17, 15) is 34.5 Å². The van der Waals surface area contributed by atoms with Crippen molar-refractivity contribution in [3.63, 3.8) is 0 Å². The zero-order chi connectivity index (χ0) is 27.2. The minimum Gasteiger partial charge on any atom is -0.425 e. The van der Waals surface area contributed by atoms with E-state index in [1.54, 1.807) is 0 Å². The number of nitrogens with two attached hydrogens (primary N) is 1. The molecule has 0 bridgehead atoms. The Kier molecular flexibility index (Phi) is 7.56. The van der Waals surface area contributed by atoms with Crippen LogP contribution in [0.15, 0.2) is 12.7 Å². The number of aliphatic hydroxyl groups is 3. The molecule has 3 saturated heterocycles. The van der Waals surface area contributed by atoms with Gasteiger partial charge in [-0.3, -0.25) is 40.0 Å². The second kappa shape index (κ2) is 9.85. The van der Waals surface area contributed by atoms with Gasteiger partial charge in [0.05, 0.1) is 6.61 Å².